The molecular formula is C17H20Cl2N4OS. The van der Waals surface area contributed by atoms with Crippen LogP contribution in [0, 0.1) is 12.8 Å². The van der Waals surface area contributed by atoms with E-state index in [0.717, 1.165) is 17.8 Å². The van der Waals surface area contributed by atoms with Crippen molar-refractivity contribution < 1.29 is 4.79 Å². The van der Waals surface area contributed by atoms with Gasteiger partial charge in [-0.25, -0.2) is 4.98 Å². The molecule has 1 fully saturated rings. The highest BCUT2D eigenvalue weighted by Crippen LogP contribution is 2.33. The summed E-state index contributed by atoms with van der Waals surface area (Å²) in [5.74, 6) is 1.61. The number of nitrogens with zero attached hydrogens (tertiary/aromatic N) is 2. The average Bonchev–Trinajstić information content (AvgIpc) is 3.26. The molecule has 0 radical (unpaired) electrons. The number of carbonyl (C=O) groups is 1. The van der Waals surface area contributed by atoms with Crippen molar-refractivity contribution in [3.8, 4) is 0 Å². The van der Waals surface area contributed by atoms with Crippen molar-refractivity contribution in [3.63, 3.8) is 0 Å². The molecule has 0 saturated heterocycles. The van der Waals surface area contributed by atoms with Crippen LogP contribution >= 0.6 is 35.0 Å². The quantitative estimate of drug-likeness (QED) is 0.679. The fourth-order valence-corrected chi connectivity index (χ4v) is 4.08. The minimum absolute atomic E-state index is 0.193. The summed E-state index contributed by atoms with van der Waals surface area (Å²) in [4.78, 5) is 16.6. The summed E-state index contributed by atoms with van der Waals surface area (Å²) in [6, 6.07) is 3.53. The van der Waals surface area contributed by atoms with Crippen molar-refractivity contribution in [2.45, 2.75) is 44.2 Å². The van der Waals surface area contributed by atoms with Gasteiger partial charge in [0.2, 0.25) is 11.1 Å². The lowest BCUT2D eigenvalue weighted by Crippen LogP contribution is -2.15. The zero-order valence-electron chi connectivity index (χ0n) is 13.9. The van der Waals surface area contributed by atoms with Crippen LogP contribution in [-0.4, -0.2) is 26.8 Å². The molecule has 2 N–H and O–H groups in total. The molecule has 8 heteroatoms. The Labute approximate surface area is 161 Å². The highest BCUT2D eigenvalue weighted by atomic mass is 35.5. The number of carbonyl (C=O) groups excluding carboxylic acids is 1. The van der Waals surface area contributed by atoms with Gasteiger partial charge in [0.05, 0.1) is 21.5 Å². The van der Waals surface area contributed by atoms with Crippen LogP contribution in [0.15, 0.2) is 17.3 Å². The third kappa shape index (κ3) is 4.90. The second kappa shape index (κ2) is 8.43. The molecule has 25 heavy (non-hydrogen) atoms. The topological polar surface area (TPSA) is 70.7 Å². The van der Waals surface area contributed by atoms with Crippen molar-refractivity contribution in [1.29, 1.82) is 0 Å². The first kappa shape index (κ1) is 18.5. The summed E-state index contributed by atoms with van der Waals surface area (Å²) in [5, 5.41) is 11.4. The van der Waals surface area contributed by atoms with E-state index in [2.05, 4.69) is 20.5 Å². The minimum Gasteiger partial charge on any atom is -0.323 e. The Morgan fingerprint density at radius 1 is 1.36 bits per heavy atom. The second-order valence-corrected chi connectivity index (χ2v) is 8.04. The second-order valence-electron chi connectivity index (χ2n) is 6.31. The van der Waals surface area contributed by atoms with Gasteiger partial charge < -0.3 is 5.32 Å². The third-order valence-electron chi connectivity index (χ3n) is 4.35. The van der Waals surface area contributed by atoms with Crippen LogP contribution in [0.2, 0.25) is 10.0 Å². The highest BCUT2D eigenvalue weighted by Gasteiger charge is 2.18. The van der Waals surface area contributed by atoms with E-state index < -0.39 is 0 Å². The number of hydrogen-bond donors (Lipinski definition) is 2. The van der Waals surface area contributed by atoms with Gasteiger partial charge in [0.1, 0.15) is 5.82 Å². The molecule has 1 aromatic heterocycles. The van der Waals surface area contributed by atoms with Gasteiger partial charge in [-0.2, -0.15) is 0 Å². The van der Waals surface area contributed by atoms with Gasteiger partial charge in [-0.3, -0.25) is 9.89 Å². The first-order valence-corrected chi connectivity index (χ1v) is 10.1. The molecule has 0 atom stereocenters. The zero-order chi connectivity index (χ0) is 17.8. The van der Waals surface area contributed by atoms with Gasteiger partial charge in [-0.1, -0.05) is 66.7 Å². The van der Waals surface area contributed by atoms with Crippen molar-refractivity contribution in [2.24, 2.45) is 5.92 Å². The summed E-state index contributed by atoms with van der Waals surface area (Å²) < 4.78 is 0. The molecule has 134 valence electrons. The fraction of sp³-hybridized carbons (Fsp3) is 0.471. The van der Waals surface area contributed by atoms with Gasteiger partial charge >= 0.3 is 0 Å². The largest absolute Gasteiger partial charge is 0.323 e. The minimum atomic E-state index is -0.193. The SMILES string of the molecule is Cc1ccc(Cl)c(NC(=O)CSc2n[nH]c(CC3CCCC3)n2)c1Cl. The number of aromatic amines is 1. The Morgan fingerprint density at radius 2 is 2.12 bits per heavy atom. The van der Waals surface area contributed by atoms with E-state index in [1.807, 2.05) is 13.0 Å². The highest BCUT2D eigenvalue weighted by molar-refractivity contribution is 7.99. The number of aryl methyl sites for hydroxylation is 1. The monoisotopic (exact) mass is 398 g/mol. The lowest BCUT2D eigenvalue weighted by atomic mass is 10.0. The fourth-order valence-electron chi connectivity index (χ4n) is 3.00. The lowest BCUT2D eigenvalue weighted by Gasteiger charge is -2.10. The molecule has 5 nitrogen and oxygen atoms in total. The molecule has 0 spiro atoms. The molecule has 1 aromatic carbocycles. The number of rotatable bonds is 6. The third-order valence-corrected chi connectivity index (χ3v) is 6.00. The van der Waals surface area contributed by atoms with Gasteiger partial charge in [-0.15, -0.1) is 5.10 Å². The van der Waals surface area contributed by atoms with E-state index in [1.165, 1.54) is 37.4 Å². The molecule has 1 aliphatic rings. The number of hydrogen-bond acceptors (Lipinski definition) is 4. The van der Waals surface area contributed by atoms with Crippen molar-refractivity contribution in [2.75, 3.05) is 11.1 Å². The van der Waals surface area contributed by atoms with E-state index in [9.17, 15) is 4.79 Å². The van der Waals surface area contributed by atoms with Crippen LogP contribution in [0.5, 0.6) is 0 Å². The van der Waals surface area contributed by atoms with E-state index in [1.54, 1.807) is 6.07 Å². The van der Waals surface area contributed by atoms with E-state index in [0.29, 0.717) is 26.8 Å². The molecule has 1 amide bonds. The Morgan fingerprint density at radius 3 is 2.88 bits per heavy atom. The molecule has 3 rings (SSSR count). The van der Waals surface area contributed by atoms with Gasteiger partial charge in [0, 0.05) is 6.42 Å². The number of thioether (sulfide) groups is 1. The van der Waals surface area contributed by atoms with Crippen LogP contribution in [0.25, 0.3) is 0 Å². The number of H-pyrrole nitrogens is 1. The smallest absolute Gasteiger partial charge is 0.234 e. The van der Waals surface area contributed by atoms with Crippen LogP contribution in [0.4, 0.5) is 5.69 Å². The predicted octanol–water partition coefficient (Wildman–Crippen LogP) is 4.88. The number of halogens is 2. The van der Waals surface area contributed by atoms with E-state index >= 15 is 0 Å². The number of benzene rings is 1. The maximum absolute atomic E-state index is 12.2. The van der Waals surface area contributed by atoms with E-state index in [-0.39, 0.29) is 11.7 Å². The van der Waals surface area contributed by atoms with Gasteiger partial charge in [0.15, 0.2) is 0 Å². The van der Waals surface area contributed by atoms with Crippen LogP contribution in [-0.2, 0) is 11.2 Å². The number of aromatic nitrogens is 3. The normalized spacial score (nSPS) is 14.8. The molecule has 0 aliphatic heterocycles. The number of amides is 1. The summed E-state index contributed by atoms with van der Waals surface area (Å²) in [7, 11) is 0. The standard InChI is InChI=1S/C17H20Cl2N4OS/c1-10-6-7-12(18)16(15(10)19)21-14(24)9-25-17-20-13(22-23-17)8-11-4-2-3-5-11/h6-7,11H,2-5,8-9H2,1H3,(H,21,24)(H,20,22,23). The molecule has 0 bridgehead atoms. The van der Waals surface area contributed by atoms with E-state index in [4.69, 9.17) is 23.2 Å². The number of nitrogens with one attached hydrogen (secondary N) is 2. The summed E-state index contributed by atoms with van der Waals surface area (Å²) in [6.07, 6.45) is 6.09. The lowest BCUT2D eigenvalue weighted by molar-refractivity contribution is -0.113. The molecule has 2 aromatic rings. The van der Waals surface area contributed by atoms with Gasteiger partial charge in [-0.05, 0) is 24.5 Å². The van der Waals surface area contributed by atoms with Gasteiger partial charge in [0.25, 0.3) is 0 Å². The van der Waals surface area contributed by atoms with Crippen LogP contribution in [0.1, 0.15) is 37.1 Å². The molecular weight excluding hydrogens is 379 g/mol. The Kier molecular flexibility index (Phi) is 6.25. The Bertz CT molecular complexity index is 759. The van der Waals surface area contributed by atoms with Crippen molar-refractivity contribution in [1.82, 2.24) is 15.2 Å². The Balaban J connectivity index is 1.52. The molecule has 1 heterocycles. The predicted molar refractivity (Wildman–Crippen MR) is 103 cm³/mol. The Hall–Kier alpha value is -1.24. The molecule has 1 aliphatic carbocycles. The maximum atomic E-state index is 12.2. The summed E-state index contributed by atoms with van der Waals surface area (Å²) >= 11 is 13.6. The first-order valence-electron chi connectivity index (χ1n) is 8.31. The maximum Gasteiger partial charge on any atom is 0.234 e. The summed E-state index contributed by atoms with van der Waals surface area (Å²) in [6.45, 7) is 1.86. The van der Waals surface area contributed by atoms with Crippen LogP contribution < -0.4 is 5.32 Å². The zero-order valence-corrected chi connectivity index (χ0v) is 16.3. The van der Waals surface area contributed by atoms with Crippen molar-refractivity contribution in [3.05, 3.63) is 33.6 Å². The molecule has 1 saturated carbocycles. The van der Waals surface area contributed by atoms with Crippen molar-refractivity contribution >= 4 is 46.6 Å². The summed E-state index contributed by atoms with van der Waals surface area (Å²) in [5.41, 5.74) is 1.31. The first-order chi connectivity index (χ1) is 12.0. The number of anilines is 1. The average molecular weight is 399 g/mol. The molecule has 0 unspecified atom stereocenters. The van der Waals surface area contributed by atoms with Crippen LogP contribution in [0.3, 0.4) is 0 Å².